The van der Waals surface area contributed by atoms with Crippen LogP contribution in [-0.4, -0.2) is 24.1 Å². The van der Waals surface area contributed by atoms with Crippen LogP contribution < -0.4 is 20.5 Å². The van der Waals surface area contributed by atoms with Crippen LogP contribution >= 0.6 is 11.6 Å². The number of carbonyl (C=O) groups is 1. The zero-order valence-electron chi connectivity index (χ0n) is 19.6. The summed E-state index contributed by atoms with van der Waals surface area (Å²) < 4.78 is 10.7. The van der Waals surface area contributed by atoms with E-state index in [0.717, 1.165) is 0 Å². The second kappa shape index (κ2) is 9.55. The monoisotopic (exact) mass is 516 g/mol. The van der Waals surface area contributed by atoms with Gasteiger partial charge in [-0.05, 0) is 67.1 Å². The molecule has 1 N–H and O–H groups in total. The molecule has 1 aliphatic rings. The van der Waals surface area contributed by atoms with Gasteiger partial charge in [-0.1, -0.05) is 29.8 Å². The van der Waals surface area contributed by atoms with Crippen molar-refractivity contribution in [2.24, 2.45) is 4.99 Å². The molecule has 0 fully saturated rings. The van der Waals surface area contributed by atoms with E-state index in [1.807, 2.05) is 6.07 Å². The van der Waals surface area contributed by atoms with Gasteiger partial charge < -0.3 is 19.6 Å². The molecule has 0 saturated carbocycles. The lowest BCUT2D eigenvalue weighted by Gasteiger charge is -2.24. The molecule has 10 heteroatoms. The van der Waals surface area contributed by atoms with Gasteiger partial charge >= 0.3 is 5.63 Å². The predicted octanol–water partition coefficient (Wildman–Crippen LogP) is 5.37. The van der Waals surface area contributed by atoms with Gasteiger partial charge in [-0.3, -0.25) is 14.9 Å². The van der Waals surface area contributed by atoms with Gasteiger partial charge in [0.2, 0.25) is 0 Å². The Hall–Kier alpha value is -4.44. The summed E-state index contributed by atoms with van der Waals surface area (Å²) in [6, 6.07) is 19.4. The lowest BCUT2D eigenvalue weighted by molar-refractivity contribution is -0.113. The summed E-state index contributed by atoms with van der Waals surface area (Å²) in [6.45, 7) is 1.61. The van der Waals surface area contributed by atoms with Crippen molar-refractivity contribution in [3.05, 3.63) is 110 Å². The Kier molecular flexibility index (Phi) is 6.26. The van der Waals surface area contributed by atoms with Gasteiger partial charge in [0, 0.05) is 10.9 Å². The summed E-state index contributed by atoms with van der Waals surface area (Å²) in [5, 5.41) is 21.6. The number of methoxy groups -OCH3 is 1. The lowest BCUT2D eigenvalue weighted by atomic mass is 10.1. The number of hydrogen-bond donors (Lipinski definition) is 1. The fraction of sp³-hybridized carbons (Fsp3) is 0.0741. The highest BCUT2D eigenvalue weighted by Crippen LogP contribution is 2.34. The van der Waals surface area contributed by atoms with Crippen molar-refractivity contribution in [2.45, 2.75) is 6.92 Å². The van der Waals surface area contributed by atoms with Crippen molar-refractivity contribution in [1.82, 2.24) is 0 Å². The highest BCUT2D eigenvalue weighted by atomic mass is 35.5. The van der Waals surface area contributed by atoms with Crippen LogP contribution in [0.15, 0.2) is 92.7 Å². The molecule has 0 atom stereocenters. The number of rotatable bonds is 5. The Labute approximate surface area is 215 Å². The van der Waals surface area contributed by atoms with E-state index in [-0.39, 0.29) is 38.6 Å². The highest BCUT2D eigenvalue weighted by Gasteiger charge is 2.35. The van der Waals surface area contributed by atoms with Gasteiger partial charge in [-0.25, -0.2) is 9.79 Å². The molecule has 0 aliphatic carbocycles. The molecule has 1 amide bonds. The molecule has 0 saturated heterocycles. The van der Waals surface area contributed by atoms with Gasteiger partial charge in [0.15, 0.2) is 0 Å². The van der Waals surface area contributed by atoms with Gasteiger partial charge in [0.05, 0.1) is 29.1 Å². The van der Waals surface area contributed by atoms with E-state index in [1.165, 1.54) is 30.2 Å². The SMILES string of the molecule is COc1ccc(N2C(=O)/C(=C(/C)c3cc4ccccc4oc3=O)N=C2c2cc(N([O-])O)ccc2Cl)cc1. The molecule has 4 aromatic rings. The standard InChI is InChI=1S/C27H19ClN3O6/c1-15(20-13-16-5-3-4-6-23(16)37-27(20)33)24-26(32)30(17-7-10-19(36-2)11-8-17)25(29-24)21-14-18(31(34)35)9-12-22(21)28/h3-14,34H,1-2H3/q-1/b24-15+. The average Bonchev–Trinajstić information content (AvgIpc) is 3.24. The number of anilines is 2. The molecule has 37 heavy (non-hydrogen) atoms. The number of nitrogens with zero attached hydrogens (tertiary/aromatic N) is 3. The smallest absolute Gasteiger partial charge is 0.343 e. The van der Waals surface area contributed by atoms with E-state index in [0.29, 0.717) is 28.0 Å². The van der Waals surface area contributed by atoms with Crippen molar-refractivity contribution >= 4 is 51.3 Å². The largest absolute Gasteiger partial charge is 0.733 e. The Morgan fingerprint density at radius 2 is 1.81 bits per heavy atom. The molecule has 0 radical (unpaired) electrons. The Balaban J connectivity index is 1.73. The normalized spacial score (nSPS) is 14.7. The van der Waals surface area contributed by atoms with Crippen LogP contribution in [0.4, 0.5) is 11.4 Å². The Morgan fingerprint density at radius 3 is 2.51 bits per heavy atom. The van der Waals surface area contributed by atoms with E-state index in [2.05, 4.69) is 4.99 Å². The van der Waals surface area contributed by atoms with E-state index in [9.17, 15) is 20.0 Å². The van der Waals surface area contributed by atoms with Crippen molar-refractivity contribution in [3.8, 4) is 5.75 Å². The van der Waals surface area contributed by atoms with E-state index >= 15 is 0 Å². The molecular formula is C27H19ClN3O6-. The quantitative estimate of drug-likeness (QED) is 0.215. The van der Waals surface area contributed by atoms with Crippen LogP contribution in [0.5, 0.6) is 5.75 Å². The summed E-state index contributed by atoms with van der Waals surface area (Å²) in [4.78, 5) is 32.5. The van der Waals surface area contributed by atoms with Crippen molar-refractivity contribution in [2.75, 3.05) is 17.2 Å². The van der Waals surface area contributed by atoms with E-state index < -0.39 is 11.5 Å². The van der Waals surface area contributed by atoms with Gasteiger partial charge in [0.1, 0.15) is 22.9 Å². The summed E-state index contributed by atoms with van der Waals surface area (Å²) in [5.74, 6) is 0.176. The fourth-order valence-electron chi connectivity index (χ4n) is 4.06. The molecule has 0 spiro atoms. The third-order valence-corrected chi connectivity index (χ3v) is 6.31. The van der Waals surface area contributed by atoms with Crippen LogP contribution in [0.25, 0.3) is 16.5 Å². The maximum atomic E-state index is 13.8. The minimum absolute atomic E-state index is 0.00199. The zero-order chi connectivity index (χ0) is 26.3. The lowest BCUT2D eigenvalue weighted by Crippen LogP contribution is -2.33. The molecule has 9 nitrogen and oxygen atoms in total. The Bertz CT molecular complexity index is 1660. The third kappa shape index (κ3) is 4.36. The predicted molar refractivity (Wildman–Crippen MR) is 141 cm³/mol. The first-order valence-corrected chi connectivity index (χ1v) is 11.4. The van der Waals surface area contributed by atoms with Gasteiger partial charge in [-0.15, -0.1) is 0 Å². The summed E-state index contributed by atoms with van der Waals surface area (Å²) in [6.07, 6.45) is 0. The van der Waals surface area contributed by atoms with Gasteiger partial charge in [-0.2, -0.15) is 0 Å². The van der Waals surface area contributed by atoms with E-state index in [1.54, 1.807) is 55.5 Å². The van der Waals surface area contributed by atoms with Crippen LogP contribution in [0.3, 0.4) is 0 Å². The van der Waals surface area contributed by atoms with Crippen LogP contribution in [0, 0.1) is 5.21 Å². The minimum atomic E-state index is -0.613. The van der Waals surface area contributed by atoms with Crippen LogP contribution in [0.1, 0.15) is 18.1 Å². The molecule has 1 aliphatic heterocycles. The summed E-state index contributed by atoms with van der Waals surface area (Å²) in [7, 11) is 1.52. The van der Waals surface area contributed by atoms with E-state index in [4.69, 9.17) is 20.8 Å². The molecular weight excluding hydrogens is 498 g/mol. The summed E-state index contributed by atoms with van der Waals surface area (Å²) in [5.41, 5.74) is 0.866. The number of para-hydroxylation sites is 1. The number of allylic oxidation sites excluding steroid dienone is 1. The number of fused-ring (bicyclic) bond motifs is 1. The van der Waals surface area contributed by atoms with Crippen molar-refractivity contribution in [1.29, 1.82) is 0 Å². The highest BCUT2D eigenvalue weighted by molar-refractivity contribution is 6.40. The second-order valence-electron chi connectivity index (χ2n) is 8.17. The number of aliphatic imine (C=N–C) groups is 1. The van der Waals surface area contributed by atoms with Crippen molar-refractivity contribution in [3.63, 3.8) is 0 Å². The zero-order valence-corrected chi connectivity index (χ0v) is 20.4. The number of amidine groups is 1. The van der Waals surface area contributed by atoms with Crippen molar-refractivity contribution < 1.29 is 19.2 Å². The molecule has 2 heterocycles. The second-order valence-corrected chi connectivity index (χ2v) is 8.58. The first-order valence-electron chi connectivity index (χ1n) is 11.1. The third-order valence-electron chi connectivity index (χ3n) is 5.98. The first-order chi connectivity index (χ1) is 17.8. The topological polar surface area (TPSA) is 119 Å². The first kappa shape index (κ1) is 24.3. The summed E-state index contributed by atoms with van der Waals surface area (Å²) >= 11 is 6.44. The molecule has 0 unspecified atom stereocenters. The number of ether oxygens (including phenoxy) is 1. The number of hydrogen-bond acceptors (Lipinski definition) is 8. The molecule has 5 rings (SSSR count). The molecule has 3 aromatic carbocycles. The number of halogens is 1. The molecule has 186 valence electrons. The minimum Gasteiger partial charge on any atom is -0.733 e. The average molecular weight is 517 g/mol. The molecule has 0 bridgehead atoms. The van der Waals surface area contributed by atoms with Gasteiger partial charge in [0.25, 0.3) is 5.91 Å². The number of carbonyl (C=O) groups excluding carboxylic acids is 1. The molecule has 1 aromatic heterocycles. The fourth-order valence-corrected chi connectivity index (χ4v) is 4.26. The number of benzene rings is 3. The number of amides is 1. The maximum Gasteiger partial charge on any atom is 0.343 e. The Morgan fingerprint density at radius 1 is 1.08 bits per heavy atom. The van der Waals surface area contributed by atoms with Crippen LogP contribution in [-0.2, 0) is 4.79 Å². The maximum absolute atomic E-state index is 13.8. The van der Waals surface area contributed by atoms with Crippen LogP contribution in [0.2, 0.25) is 5.02 Å².